The van der Waals surface area contributed by atoms with E-state index < -0.39 is 0 Å². The Hall–Kier alpha value is -1.82. The summed E-state index contributed by atoms with van der Waals surface area (Å²) in [6, 6.07) is 0. The van der Waals surface area contributed by atoms with E-state index in [9.17, 15) is 9.59 Å². The molecule has 4 N–H and O–H groups in total. The highest BCUT2D eigenvalue weighted by atomic mass is 16.2. The van der Waals surface area contributed by atoms with Crippen LogP contribution in [0.25, 0.3) is 0 Å². The third-order valence-electron chi connectivity index (χ3n) is 2.38. The Kier molecular flexibility index (Phi) is 10.3. The summed E-state index contributed by atoms with van der Waals surface area (Å²) < 4.78 is 0. The maximum Gasteiger partial charge on any atom is 0.264 e. The molecular weight excluding hydrogens is 256 g/mol. The number of carbonyl (C=O) groups excluding carboxylic acids is 2. The van der Waals surface area contributed by atoms with Crippen LogP contribution in [0.3, 0.4) is 0 Å². The molecule has 0 aliphatic heterocycles. The molecule has 0 spiro atoms. The zero-order chi connectivity index (χ0) is 16.3. The third-order valence-corrected chi connectivity index (χ3v) is 2.38. The summed E-state index contributed by atoms with van der Waals surface area (Å²) in [5.74, 6) is -0.536. The number of primary amides is 1. The Morgan fingerprint density at radius 3 is 2.05 bits per heavy atom. The molecule has 0 fully saturated rings. The van der Waals surface area contributed by atoms with Crippen LogP contribution in [0.4, 0.5) is 0 Å². The maximum atomic E-state index is 10.7. The van der Waals surface area contributed by atoms with Crippen LogP contribution in [0.5, 0.6) is 0 Å². The molecule has 0 rings (SSSR count). The number of likely N-dealkylation sites (N-methyl/N-ethyl adjacent to an activating group) is 1. The Balaban J connectivity index is 0. The smallest absolute Gasteiger partial charge is 0.264 e. The predicted molar refractivity (Wildman–Crippen MR) is 82.7 cm³/mol. The van der Waals surface area contributed by atoms with Gasteiger partial charge in [0.2, 0.25) is 5.91 Å². The lowest BCUT2D eigenvalue weighted by Gasteiger charge is -2.24. The number of amides is 2. The molecule has 0 bridgehead atoms. The highest BCUT2D eigenvalue weighted by Crippen LogP contribution is 1.97. The zero-order valence-corrected chi connectivity index (χ0v) is 13.4. The average molecular weight is 284 g/mol. The van der Waals surface area contributed by atoms with Crippen LogP contribution in [0.15, 0.2) is 24.4 Å². The third kappa shape index (κ3) is 10.1. The quantitative estimate of drug-likeness (QED) is 0.491. The van der Waals surface area contributed by atoms with E-state index in [4.69, 9.17) is 5.73 Å². The predicted octanol–water partition coefficient (Wildman–Crippen LogP) is 0.571. The van der Waals surface area contributed by atoms with Crippen LogP contribution in [0.2, 0.25) is 0 Å². The lowest BCUT2D eigenvalue weighted by molar-refractivity contribution is -0.118. The number of nitrogens with zero attached hydrogens (tertiary/aromatic N) is 1. The van der Waals surface area contributed by atoms with Gasteiger partial charge in [-0.3, -0.25) is 14.9 Å². The summed E-state index contributed by atoms with van der Waals surface area (Å²) in [7, 11) is 5.38. The van der Waals surface area contributed by atoms with Crippen molar-refractivity contribution in [2.75, 3.05) is 21.1 Å². The number of rotatable bonds is 6. The fourth-order valence-corrected chi connectivity index (χ4v) is 1.12. The van der Waals surface area contributed by atoms with Crippen molar-refractivity contribution in [1.82, 2.24) is 15.5 Å². The van der Waals surface area contributed by atoms with Gasteiger partial charge >= 0.3 is 0 Å². The van der Waals surface area contributed by atoms with E-state index in [-0.39, 0.29) is 17.5 Å². The molecule has 0 aromatic heterocycles. The number of hydrogen-bond acceptors (Lipinski definition) is 4. The van der Waals surface area contributed by atoms with Gasteiger partial charge in [-0.1, -0.05) is 19.6 Å². The van der Waals surface area contributed by atoms with Gasteiger partial charge in [0.15, 0.2) is 0 Å². The minimum atomic E-state index is -0.369. The fraction of sp³-hybridized carbons (Fsp3) is 0.571. The van der Waals surface area contributed by atoms with Gasteiger partial charge in [-0.05, 0) is 33.4 Å². The molecule has 116 valence electrons. The molecule has 0 aliphatic rings. The lowest BCUT2D eigenvalue weighted by Crippen LogP contribution is -2.52. The van der Waals surface area contributed by atoms with E-state index in [1.165, 1.54) is 6.08 Å². The van der Waals surface area contributed by atoms with Crippen molar-refractivity contribution in [3.05, 3.63) is 24.4 Å². The second-order valence-electron chi connectivity index (χ2n) is 4.82. The van der Waals surface area contributed by atoms with Gasteiger partial charge in [0.1, 0.15) is 0 Å². The van der Waals surface area contributed by atoms with E-state index >= 15 is 0 Å². The first kappa shape index (κ1) is 20.5. The number of nitrogens with one attached hydrogen (secondary N) is 2. The summed E-state index contributed by atoms with van der Waals surface area (Å²) >= 11 is 0. The topological polar surface area (TPSA) is 87.5 Å². The molecule has 0 saturated carbocycles. The largest absolute Gasteiger partial charge is 0.373 e. The highest BCUT2D eigenvalue weighted by Gasteiger charge is 2.14. The van der Waals surface area contributed by atoms with Crippen molar-refractivity contribution in [3.8, 4) is 0 Å². The molecule has 6 heteroatoms. The van der Waals surface area contributed by atoms with Crippen LogP contribution < -0.4 is 16.4 Å². The SMILES string of the molecule is C=CC(=O)NC(C)(C)NC.CC/C=C(\C(N)=O)N(C)C. The summed E-state index contributed by atoms with van der Waals surface area (Å²) in [6.45, 7) is 9.04. The maximum absolute atomic E-state index is 10.7. The van der Waals surface area contributed by atoms with Crippen LogP contribution in [-0.4, -0.2) is 43.5 Å². The van der Waals surface area contributed by atoms with E-state index in [0.717, 1.165) is 6.42 Å². The van der Waals surface area contributed by atoms with Crippen molar-refractivity contribution in [2.24, 2.45) is 5.73 Å². The molecule has 0 aromatic rings. The van der Waals surface area contributed by atoms with Gasteiger partial charge in [-0.2, -0.15) is 0 Å². The first-order valence-corrected chi connectivity index (χ1v) is 6.42. The van der Waals surface area contributed by atoms with E-state index in [0.29, 0.717) is 5.70 Å². The highest BCUT2D eigenvalue weighted by molar-refractivity contribution is 5.91. The van der Waals surface area contributed by atoms with Crippen molar-refractivity contribution in [2.45, 2.75) is 32.9 Å². The van der Waals surface area contributed by atoms with Gasteiger partial charge in [-0.15, -0.1) is 0 Å². The zero-order valence-electron chi connectivity index (χ0n) is 13.4. The molecule has 0 saturated heterocycles. The van der Waals surface area contributed by atoms with E-state index in [2.05, 4.69) is 17.2 Å². The molecule has 6 nitrogen and oxygen atoms in total. The van der Waals surface area contributed by atoms with Crippen LogP contribution in [-0.2, 0) is 9.59 Å². The Labute approximate surface area is 122 Å². The molecule has 20 heavy (non-hydrogen) atoms. The monoisotopic (exact) mass is 284 g/mol. The van der Waals surface area contributed by atoms with E-state index in [1.807, 2.05) is 26.8 Å². The minimum absolute atomic E-state index is 0.167. The molecule has 0 atom stereocenters. The van der Waals surface area contributed by atoms with Crippen LogP contribution in [0, 0.1) is 0 Å². The second-order valence-corrected chi connectivity index (χ2v) is 4.82. The van der Waals surface area contributed by atoms with Gasteiger partial charge in [0, 0.05) is 14.1 Å². The summed E-state index contributed by atoms with van der Waals surface area (Å²) in [6.07, 6.45) is 3.89. The van der Waals surface area contributed by atoms with E-state index in [1.54, 1.807) is 26.0 Å². The molecule has 0 heterocycles. The Morgan fingerprint density at radius 2 is 1.85 bits per heavy atom. The number of allylic oxidation sites excluding steroid dienone is 1. The second kappa shape index (κ2) is 10.0. The Bertz CT molecular complexity index is 360. The number of nitrogens with two attached hydrogens (primary N) is 1. The number of hydrogen-bond donors (Lipinski definition) is 3. The fourth-order valence-electron chi connectivity index (χ4n) is 1.12. The van der Waals surface area contributed by atoms with Crippen LogP contribution >= 0.6 is 0 Å². The lowest BCUT2D eigenvalue weighted by atomic mass is 10.2. The van der Waals surface area contributed by atoms with Crippen molar-refractivity contribution < 1.29 is 9.59 Å². The standard InChI is InChI=1S/2C7H14N2O/c1-5-6(10)9-7(2,3)8-4;1-4-5-6(7(8)10)9(2)3/h5,8H,1H2,2-4H3,(H,9,10);5H,4H2,1-3H3,(H2,8,10)/b;6-5+. The number of carbonyl (C=O) groups is 2. The molecule has 0 unspecified atom stereocenters. The van der Waals surface area contributed by atoms with Crippen LogP contribution in [0.1, 0.15) is 27.2 Å². The first-order valence-electron chi connectivity index (χ1n) is 6.42. The van der Waals surface area contributed by atoms with Gasteiger partial charge in [0.05, 0.1) is 11.4 Å². The van der Waals surface area contributed by atoms with Crippen molar-refractivity contribution in [1.29, 1.82) is 0 Å². The molecule has 0 radical (unpaired) electrons. The Morgan fingerprint density at radius 1 is 1.35 bits per heavy atom. The summed E-state index contributed by atoms with van der Waals surface area (Å²) in [4.78, 5) is 23.1. The first-order chi connectivity index (χ1) is 9.11. The minimum Gasteiger partial charge on any atom is -0.373 e. The van der Waals surface area contributed by atoms with Gasteiger partial charge in [0.25, 0.3) is 5.91 Å². The molecule has 2 amide bonds. The summed E-state index contributed by atoms with van der Waals surface area (Å²) in [5.41, 5.74) is 5.29. The normalized spacial score (nSPS) is 11.0. The average Bonchev–Trinajstić information content (AvgIpc) is 2.35. The van der Waals surface area contributed by atoms with Crippen molar-refractivity contribution >= 4 is 11.8 Å². The molecular formula is C14H28N4O2. The summed E-state index contributed by atoms with van der Waals surface area (Å²) in [5, 5.41) is 5.61. The van der Waals surface area contributed by atoms with Gasteiger partial charge < -0.3 is 16.0 Å². The molecule has 0 aromatic carbocycles. The molecule has 0 aliphatic carbocycles. The van der Waals surface area contributed by atoms with Gasteiger partial charge in [-0.25, -0.2) is 0 Å². The van der Waals surface area contributed by atoms with Crippen molar-refractivity contribution in [3.63, 3.8) is 0 Å².